The minimum Gasteiger partial charge on any atom is -0.412 e. The minimum atomic E-state index is -0.161. The highest BCUT2D eigenvalue weighted by atomic mass is 16.5. The second kappa shape index (κ2) is 1.94. The van der Waals surface area contributed by atoms with Gasteiger partial charge in [0.05, 0.1) is 6.42 Å². The van der Waals surface area contributed by atoms with Crippen LogP contribution in [0.15, 0.2) is 4.99 Å². The van der Waals surface area contributed by atoms with Gasteiger partial charge in [0.25, 0.3) is 0 Å². The summed E-state index contributed by atoms with van der Waals surface area (Å²) in [7, 11) is 1.62. The standard InChI is InChI=1S/C5H7NO2/c1-6-4-2-3-5(7)8-4/h2-3H2,1H3. The predicted octanol–water partition coefficient (Wildman–Crippen LogP) is 0.352. The Morgan fingerprint density at radius 1 is 1.62 bits per heavy atom. The number of carbonyl (C=O) groups is 1. The molecule has 0 aromatic rings. The van der Waals surface area contributed by atoms with Crippen molar-refractivity contribution in [1.82, 2.24) is 0 Å². The SMILES string of the molecule is CN=C1CCC(=O)O1. The molecule has 8 heavy (non-hydrogen) atoms. The van der Waals surface area contributed by atoms with Gasteiger partial charge in [-0.2, -0.15) is 0 Å². The summed E-state index contributed by atoms with van der Waals surface area (Å²) in [6.45, 7) is 0. The maximum atomic E-state index is 10.3. The lowest BCUT2D eigenvalue weighted by molar-refractivity contribution is -0.133. The first-order valence-corrected chi connectivity index (χ1v) is 2.49. The number of esters is 1. The summed E-state index contributed by atoms with van der Waals surface area (Å²) in [6.07, 6.45) is 1.17. The number of nitrogens with zero attached hydrogens (tertiary/aromatic N) is 1. The highest BCUT2D eigenvalue weighted by Crippen LogP contribution is 2.06. The number of hydrogen-bond acceptors (Lipinski definition) is 3. The Hall–Kier alpha value is -0.860. The fourth-order valence-corrected chi connectivity index (χ4v) is 0.600. The molecule has 0 atom stereocenters. The van der Waals surface area contributed by atoms with Crippen LogP contribution in [0.4, 0.5) is 0 Å². The van der Waals surface area contributed by atoms with E-state index in [0.717, 1.165) is 0 Å². The zero-order valence-corrected chi connectivity index (χ0v) is 4.68. The van der Waals surface area contributed by atoms with Crippen molar-refractivity contribution in [2.45, 2.75) is 12.8 Å². The Morgan fingerprint density at radius 2 is 2.38 bits per heavy atom. The average Bonchev–Trinajstić information content (AvgIpc) is 2.14. The third kappa shape index (κ3) is 0.857. The van der Waals surface area contributed by atoms with E-state index < -0.39 is 0 Å². The van der Waals surface area contributed by atoms with Crippen LogP contribution in [-0.4, -0.2) is 18.9 Å². The molecule has 1 rings (SSSR count). The Labute approximate surface area is 47.4 Å². The molecule has 3 nitrogen and oxygen atoms in total. The lowest BCUT2D eigenvalue weighted by Crippen LogP contribution is -1.96. The van der Waals surface area contributed by atoms with Crippen molar-refractivity contribution in [3.05, 3.63) is 0 Å². The number of cyclic esters (lactones) is 1. The largest absolute Gasteiger partial charge is 0.412 e. The van der Waals surface area contributed by atoms with Gasteiger partial charge in [0.1, 0.15) is 0 Å². The lowest BCUT2D eigenvalue weighted by atomic mass is 10.4. The van der Waals surface area contributed by atoms with Crippen LogP contribution in [0.2, 0.25) is 0 Å². The molecule has 1 saturated heterocycles. The van der Waals surface area contributed by atoms with E-state index in [9.17, 15) is 4.79 Å². The molecule has 1 heterocycles. The van der Waals surface area contributed by atoms with E-state index in [1.54, 1.807) is 7.05 Å². The second-order valence-corrected chi connectivity index (χ2v) is 1.59. The molecule has 0 N–H and O–H groups in total. The fraction of sp³-hybridized carbons (Fsp3) is 0.600. The van der Waals surface area contributed by atoms with Crippen LogP contribution in [0.5, 0.6) is 0 Å². The number of aliphatic imine (C=N–C) groups is 1. The maximum Gasteiger partial charge on any atom is 0.312 e. The predicted molar refractivity (Wildman–Crippen MR) is 28.7 cm³/mol. The molecule has 1 fully saturated rings. The summed E-state index contributed by atoms with van der Waals surface area (Å²) in [5, 5.41) is 0. The zero-order chi connectivity index (χ0) is 5.98. The summed E-state index contributed by atoms with van der Waals surface area (Å²) in [4.78, 5) is 14.0. The molecule has 0 aromatic carbocycles. The van der Waals surface area contributed by atoms with E-state index in [1.807, 2.05) is 0 Å². The molecule has 0 bridgehead atoms. The van der Waals surface area contributed by atoms with Crippen LogP contribution in [0.3, 0.4) is 0 Å². The first-order chi connectivity index (χ1) is 3.83. The molecule has 0 aliphatic carbocycles. The van der Waals surface area contributed by atoms with Crippen molar-refractivity contribution in [3.63, 3.8) is 0 Å². The quantitative estimate of drug-likeness (QED) is 0.425. The van der Waals surface area contributed by atoms with Crippen LogP contribution >= 0.6 is 0 Å². The molecule has 1 aliphatic heterocycles. The molecule has 0 spiro atoms. The highest BCUT2D eigenvalue weighted by molar-refractivity contribution is 5.95. The molecule has 3 heteroatoms. The highest BCUT2D eigenvalue weighted by Gasteiger charge is 2.16. The summed E-state index contributed by atoms with van der Waals surface area (Å²) in [5.74, 6) is 0.403. The number of rotatable bonds is 0. The zero-order valence-electron chi connectivity index (χ0n) is 4.68. The Balaban J connectivity index is 2.56. The normalized spacial score (nSPS) is 24.1. The summed E-state index contributed by atoms with van der Waals surface area (Å²) < 4.78 is 4.62. The molecule has 0 aromatic heterocycles. The Morgan fingerprint density at radius 3 is 2.62 bits per heavy atom. The Kier molecular flexibility index (Phi) is 1.28. The van der Waals surface area contributed by atoms with Crippen LogP contribution in [0.25, 0.3) is 0 Å². The minimum absolute atomic E-state index is 0.161. The first-order valence-electron chi connectivity index (χ1n) is 2.49. The molecular weight excluding hydrogens is 106 g/mol. The van der Waals surface area contributed by atoms with Crippen LogP contribution in [0, 0.1) is 0 Å². The topological polar surface area (TPSA) is 38.7 Å². The molecule has 0 amide bonds. The number of hydrogen-bond donors (Lipinski definition) is 0. The van der Waals surface area contributed by atoms with Gasteiger partial charge in [-0.05, 0) is 0 Å². The van der Waals surface area contributed by atoms with Crippen molar-refractivity contribution in [2.75, 3.05) is 7.05 Å². The molecular formula is C5H7NO2. The second-order valence-electron chi connectivity index (χ2n) is 1.59. The van der Waals surface area contributed by atoms with Crippen molar-refractivity contribution < 1.29 is 9.53 Å². The number of ether oxygens (including phenoxy) is 1. The van der Waals surface area contributed by atoms with Crippen LogP contribution < -0.4 is 0 Å². The van der Waals surface area contributed by atoms with Gasteiger partial charge >= 0.3 is 5.97 Å². The van der Waals surface area contributed by atoms with Gasteiger partial charge in [-0.1, -0.05) is 0 Å². The van der Waals surface area contributed by atoms with Gasteiger partial charge in [-0.15, -0.1) is 0 Å². The van der Waals surface area contributed by atoms with Gasteiger partial charge in [-0.3, -0.25) is 9.79 Å². The van der Waals surface area contributed by atoms with Gasteiger partial charge in [0.2, 0.25) is 0 Å². The molecule has 0 saturated carbocycles. The molecule has 0 unspecified atom stereocenters. The van der Waals surface area contributed by atoms with Crippen LogP contribution in [-0.2, 0) is 9.53 Å². The van der Waals surface area contributed by atoms with Crippen LogP contribution in [0.1, 0.15) is 12.8 Å². The third-order valence-electron chi connectivity index (χ3n) is 1.02. The van der Waals surface area contributed by atoms with E-state index in [0.29, 0.717) is 18.7 Å². The van der Waals surface area contributed by atoms with E-state index in [1.165, 1.54) is 0 Å². The van der Waals surface area contributed by atoms with Crippen molar-refractivity contribution >= 4 is 11.9 Å². The van der Waals surface area contributed by atoms with Gasteiger partial charge in [0, 0.05) is 13.5 Å². The summed E-state index contributed by atoms with van der Waals surface area (Å²) in [6, 6.07) is 0. The summed E-state index contributed by atoms with van der Waals surface area (Å²) >= 11 is 0. The molecule has 1 aliphatic rings. The van der Waals surface area contributed by atoms with E-state index in [2.05, 4.69) is 9.73 Å². The lowest BCUT2D eigenvalue weighted by Gasteiger charge is -1.87. The van der Waals surface area contributed by atoms with E-state index in [4.69, 9.17) is 0 Å². The Bertz CT molecular complexity index is 139. The average molecular weight is 113 g/mol. The van der Waals surface area contributed by atoms with Crippen molar-refractivity contribution in [1.29, 1.82) is 0 Å². The molecule has 0 radical (unpaired) electrons. The maximum absolute atomic E-state index is 10.3. The fourth-order valence-electron chi connectivity index (χ4n) is 0.600. The first kappa shape index (κ1) is 5.28. The van der Waals surface area contributed by atoms with Gasteiger partial charge < -0.3 is 4.74 Å². The monoisotopic (exact) mass is 113 g/mol. The van der Waals surface area contributed by atoms with E-state index in [-0.39, 0.29) is 5.97 Å². The summed E-state index contributed by atoms with van der Waals surface area (Å²) in [5.41, 5.74) is 0. The van der Waals surface area contributed by atoms with Gasteiger partial charge in [0.15, 0.2) is 5.90 Å². The third-order valence-corrected chi connectivity index (χ3v) is 1.02. The number of carbonyl (C=O) groups excluding carboxylic acids is 1. The van der Waals surface area contributed by atoms with Gasteiger partial charge in [-0.25, -0.2) is 0 Å². The molecule has 44 valence electrons. The van der Waals surface area contributed by atoms with Crippen molar-refractivity contribution in [2.24, 2.45) is 4.99 Å². The van der Waals surface area contributed by atoms with E-state index >= 15 is 0 Å². The van der Waals surface area contributed by atoms with Crippen molar-refractivity contribution in [3.8, 4) is 0 Å². The smallest absolute Gasteiger partial charge is 0.312 e.